The van der Waals surface area contributed by atoms with Crippen molar-refractivity contribution in [2.75, 3.05) is 17.3 Å². The number of nitrogens with zero attached hydrogens (tertiary/aromatic N) is 1. The Hall–Kier alpha value is -3.10. The molecule has 3 N–H and O–H groups in total. The number of nitrogens with two attached hydrogens (primary N) is 1. The highest BCUT2D eigenvalue weighted by Crippen LogP contribution is 2.30. The number of carbonyl (C=O) groups excluding carboxylic acids is 1. The number of ether oxygens (including phenoxy) is 1. The molecule has 162 valence electrons. The Morgan fingerprint density at radius 3 is 2.65 bits per heavy atom. The van der Waals surface area contributed by atoms with Crippen LogP contribution < -0.4 is 15.8 Å². The molecule has 1 amide bonds. The molecule has 0 saturated carbocycles. The van der Waals surface area contributed by atoms with Crippen LogP contribution in [0.25, 0.3) is 0 Å². The zero-order chi connectivity index (χ0) is 22.8. The van der Waals surface area contributed by atoms with Gasteiger partial charge < -0.3 is 15.8 Å². The standard InChI is InChI=1S/C22H22ClN3O4S/c1-13-7-8-15(14(2)30-20-11-17(23)12-25-21(20)24)10-19(13)26-22(27)16-5-4-6-18(9-16)31(3,28)29/h4-12,14H,1-3H3,(H2,24,25)(H,26,27). The van der Waals surface area contributed by atoms with Crippen molar-refractivity contribution in [3.8, 4) is 5.75 Å². The van der Waals surface area contributed by atoms with E-state index in [4.69, 9.17) is 22.1 Å². The SMILES string of the molecule is Cc1ccc(C(C)Oc2cc(Cl)cnc2N)cc1NC(=O)c1cccc(S(C)(=O)=O)c1. The Balaban J connectivity index is 1.82. The Bertz CT molecular complexity index is 1250. The highest BCUT2D eigenvalue weighted by Gasteiger charge is 2.15. The summed E-state index contributed by atoms with van der Waals surface area (Å²) >= 11 is 5.96. The van der Waals surface area contributed by atoms with Gasteiger partial charge in [-0.3, -0.25) is 4.79 Å². The highest BCUT2D eigenvalue weighted by atomic mass is 35.5. The molecule has 1 unspecified atom stereocenters. The van der Waals surface area contributed by atoms with Crippen molar-refractivity contribution in [1.82, 2.24) is 4.98 Å². The molecule has 0 spiro atoms. The molecule has 1 aromatic heterocycles. The van der Waals surface area contributed by atoms with Crippen molar-refractivity contribution in [2.45, 2.75) is 24.8 Å². The number of anilines is 2. The molecule has 0 aliphatic rings. The number of sulfone groups is 1. The van der Waals surface area contributed by atoms with Gasteiger partial charge in [-0.05, 0) is 49.2 Å². The van der Waals surface area contributed by atoms with Crippen molar-refractivity contribution in [3.63, 3.8) is 0 Å². The third-order valence-electron chi connectivity index (χ3n) is 4.66. The Kier molecular flexibility index (Phi) is 6.52. The van der Waals surface area contributed by atoms with Gasteiger partial charge in [0.25, 0.3) is 5.91 Å². The summed E-state index contributed by atoms with van der Waals surface area (Å²) in [5.41, 5.74) is 8.31. The van der Waals surface area contributed by atoms with E-state index in [1.807, 2.05) is 26.0 Å². The zero-order valence-corrected chi connectivity index (χ0v) is 18.8. The smallest absolute Gasteiger partial charge is 0.255 e. The van der Waals surface area contributed by atoms with Gasteiger partial charge in [0.1, 0.15) is 6.10 Å². The lowest BCUT2D eigenvalue weighted by Crippen LogP contribution is -2.14. The minimum Gasteiger partial charge on any atom is -0.482 e. The summed E-state index contributed by atoms with van der Waals surface area (Å²) in [7, 11) is -3.42. The highest BCUT2D eigenvalue weighted by molar-refractivity contribution is 7.90. The molecule has 9 heteroatoms. The summed E-state index contributed by atoms with van der Waals surface area (Å²) < 4.78 is 29.4. The molecule has 0 radical (unpaired) electrons. The van der Waals surface area contributed by atoms with Crippen LogP contribution in [0.4, 0.5) is 11.5 Å². The number of hydrogen-bond donors (Lipinski definition) is 2. The molecule has 31 heavy (non-hydrogen) atoms. The van der Waals surface area contributed by atoms with Crippen LogP contribution in [0.5, 0.6) is 5.75 Å². The average molecular weight is 460 g/mol. The van der Waals surface area contributed by atoms with Gasteiger partial charge in [0.05, 0.1) is 9.92 Å². The predicted molar refractivity (Wildman–Crippen MR) is 121 cm³/mol. The fourth-order valence-corrected chi connectivity index (χ4v) is 3.69. The minimum atomic E-state index is -3.42. The predicted octanol–water partition coefficient (Wildman–Crippen LogP) is 4.42. The number of halogens is 1. The summed E-state index contributed by atoms with van der Waals surface area (Å²) in [6.45, 7) is 3.70. The van der Waals surface area contributed by atoms with Gasteiger partial charge in [0.2, 0.25) is 0 Å². The Labute approximate surface area is 186 Å². The van der Waals surface area contributed by atoms with Crippen LogP contribution in [0.3, 0.4) is 0 Å². The molecule has 7 nitrogen and oxygen atoms in total. The monoisotopic (exact) mass is 459 g/mol. The normalized spacial score (nSPS) is 12.3. The van der Waals surface area contributed by atoms with Crippen LogP contribution in [0.2, 0.25) is 5.02 Å². The second-order valence-electron chi connectivity index (χ2n) is 7.13. The maximum atomic E-state index is 12.7. The van der Waals surface area contributed by atoms with E-state index < -0.39 is 21.8 Å². The summed E-state index contributed by atoms with van der Waals surface area (Å²) in [6.07, 6.45) is 2.14. The number of pyridine rings is 1. The summed E-state index contributed by atoms with van der Waals surface area (Å²) in [5.74, 6) is 0.175. The molecule has 2 aromatic carbocycles. The van der Waals surface area contributed by atoms with E-state index in [9.17, 15) is 13.2 Å². The van der Waals surface area contributed by atoms with Crippen molar-refractivity contribution in [1.29, 1.82) is 0 Å². The maximum absolute atomic E-state index is 12.7. The largest absolute Gasteiger partial charge is 0.482 e. The Morgan fingerprint density at radius 1 is 1.19 bits per heavy atom. The van der Waals surface area contributed by atoms with Gasteiger partial charge in [-0.2, -0.15) is 0 Å². The number of benzene rings is 2. The first-order valence-electron chi connectivity index (χ1n) is 9.34. The van der Waals surface area contributed by atoms with E-state index in [1.54, 1.807) is 18.2 Å². The van der Waals surface area contributed by atoms with Gasteiger partial charge in [-0.15, -0.1) is 0 Å². The second kappa shape index (κ2) is 8.95. The zero-order valence-electron chi connectivity index (χ0n) is 17.2. The van der Waals surface area contributed by atoms with E-state index in [-0.39, 0.29) is 16.3 Å². The van der Waals surface area contributed by atoms with Crippen LogP contribution in [-0.4, -0.2) is 25.6 Å². The molecule has 3 rings (SSSR count). The number of nitrogens with one attached hydrogen (secondary N) is 1. The van der Waals surface area contributed by atoms with Gasteiger partial charge >= 0.3 is 0 Å². The first-order valence-corrected chi connectivity index (χ1v) is 11.6. The number of amides is 1. The van der Waals surface area contributed by atoms with Crippen molar-refractivity contribution >= 4 is 38.9 Å². The number of aryl methyl sites for hydroxylation is 1. The molecular weight excluding hydrogens is 438 g/mol. The molecule has 0 aliphatic heterocycles. The summed E-state index contributed by atoms with van der Waals surface area (Å²) in [6, 6.07) is 13.0. The molecular formula is C22H22ClN3O4S. The van der Waals surface area contributed by atoms with Crippen molar-refractivity contribution in [2.24, 2.45) is 0 Å². The Morgan fingerprint density at radius 2 is 1.94 bits per heavy atom. The first kappa shape index (κ1) is 22.6. The van der Waals surface area contributed by atoms with Crippen LogP contribution in [0.1, 0.15) is 34.5 Å². The average Bonchev–Trinajstić information content (AvgIpc) is 2.71. The number of rotatable bonds is 6. The lowest BCUT2D eigenvalue weighted by molar-refractivity contribution is 0.102. The van der Waals surface area contributed by atoms with Gasteiger partial charge in [-0.25, -0.2) is 13.4 Å². The third kappa shape index (κ3) is 5.53. The number of aromatic nitrogens is 1. The maximum Gasteiger partial charge on any atom is 0.255 e. The van der Waals surface area contributed by atoms with E-state index in [2.05, 4.69) is 10.3 Å². The number of nitrogen functional groups attached to an aromatic ring is 1. The molecule has 0 bridgehead atoms. The first-order chi connectivity index (χ1) is 14.5. The minimum absolute atomic E-state index is 0.0837. The quantitative estimate of drug-likeness (QED) is 0.564. The van der Waals surface area contributed by atoms with E-state index in [1.165, 1.54) is 24.4 Å². The molecule has 0 fully saturated rings. The van der Waals surface area contributed by atoms with E-state index in [0.29, 0.717) is 16.5 Å². The fraction of sp³-hybridized carbons (Fsp3) is 0.182. The molecule has 1 heterocycles. The van der Waals surface area contributed by atoms with E-state index >= 15 is 0 Å². The summed E-state index contributed by atoms with van der Waals surface area (Å²) in [5, 5.41) is 3.24. The molecule has 0 saturated heterocycles. The van der Waals surface area contributed by atoms with Crippen LogP contribution >= 0.6 is 11.6 Å². The third-order valence-corrected chi connectivity index (χ3v) is 5.97. The molecule has 3 aromatic rings. The second-order valence-corrected chi connectivity index (χ2v) is 9.58. The topological polar surface area (TPSA) is 111 Å². The summed E-state index contributed by atoms with van der Waals surface area (Å²) in [4.78, 5) is 16.8. The van der Waals surface area contributed by atoms with Gasteiger partial charge in [-0.1, -0.05) is 29.8 Å². The number of hydrogen-bond acceptors (Lipinski definition) is 6. The lowest BCUT2D eigenvalue weighted by Gasteiger charge is -2.18. The molecule has 0 aliphatic carbocycles. The fourth-order valence-electron chi connectivity index (χ4n) is 2.87. The van der Waals surface area contributed by atoms with Gasteiger partial charge in [0, 0.05) is 29.8 Å². The van der Waals surface area contributed by atoms with Crippen molar-refractivity contribution in [3.05, 3.63) is 76.4 Å². The van der Waals surface area contributed by atoms with Gasteiger partial charge in [0.15, 0.2) is 21.4 Å². The van der Waals surface area contributed by atoms with Crippen LogP contribution in [0, 0.1) is 6.92 Å². The lowest BCUT2D eigenvalue weighted by atomic mass is 10.1. The van der Waals surface area contributed by atoms with E-state index in [0.717, 1.165) is 17.4 Å². The number of carbonyl (C=O) groups is 1. The van der Waals surface area contributed by atoms with Crippen molar-refractivity contribution < 1.29 is 17.9 Å². The molecule has 1 atom stereocenters. The van der Waals surface area contributed by atoms with Crippen LogP contribution in [-0.2, 0) is 9.84 Å². The van der Waals surface area contributed by atoms with Crippen LogP contribution in [0.15, 0.2) is 59.6 Å².